The Morgan fingerprint density at radius 1 is 1.35 bits per heavy atom. The minimum atomic E-state index is -0.519. The Morgan fingerprint density at radius 3 is 2.62 bits per heavy atom. The molecule has 0 spiro atoms. The van der Waals surface area contributed by atoms with E-state index in [1.54, 1.807) is 26.0 Å². The highest BCUT2D eigenvalue weighted by atomic mass is 79.9. The first-order valence-electron chi connectivity index (χ1n) is 7.39. The minimum absolute atomic E-state index is 0.225. The Balaban J connectivity index is 2.43. The lowest BCUT2D eigenvalue weighted by Gasteiger charge is -2.11. The number of anilines is 1. The van der Waals surface area contributed by atoms with Crippen molar-refractivity contribution in [3.05, 3.63) is 42.6 Å². The molecule has 6 nitrogen and oxygen atoms in total. The zero-order chi connectivity index (χ0) is 19.4. The van der Waals surface area contributed by atoms with E-state index in [0.29, 0.717) is 25.1 Å². The van der Waals surface area contributed by atoms with Gasteiger partial charge in [0, 0.05) is 4.47 Å². The Labute approximate surface area is 171 Å². The predicted octanol–water partition coefficient (Wildman–Crippen LogP) is 4.89. The van der Waals surface area contributed by atoms with Crippen LogP contribution in [0.1, 0.15) is 38.1 Å². The topological polar surface area (TPSA) is 88.4 Å². The number of carbonyl (C=O) groups excluding carboxylic acids is 2. The largest absolute Gasteiger partial charge is 0.495 e. The number of rotatable bonds is 5. The van der Waals surface area contributed by atoms with Crippen LogP contribution >= 0.6 is 43.2 Å². The molecule has 0 unspecified atom stereocenters. The first-order valence-corrected chi connectivity index (χ1v) is 9.79. The summed E-state index contributed by atoms with van der Waals surface area (Å²) in [7, 11) is 1.46. The Kier molecular flexibility index (Phi) is 6.81. The SMILES string of the molecule is CCOC(=O)c1sc(NC(=O)c2cc(Br)cc(Br)c2OC)c(C#N)c1C. The van der Waals surface area contributed by atoms with E-state index in [2.05, 4.69) is 37.2 Å². The number of methoxy groups -OCH3 is 1. The zero-order valence-corrected chi connectivity index (χ0v) is 18.1. The molecule has 9 heteroatoms. The van der Waals surface area contributed by atoms with E-state index in [4.69, 9.17) is 9.47 Å². The van der Waals surface area contributed by atoms with Gasteiger partial charge in [-0.05, 0) is 47.5 Å². The lowest BCUT2D eigenvalue weighted by Crippen LogP contribution is -2.13. The summed E-state index contributed by atoms with van der Waals surface area (Å²) in [6, 6.07) is 5.39. The van der Waals surface area contributed by atoms with Gasteiger partial charge in [0.1, 0.15) is 21.7 Å². The molecular formula is C17H14Br2N2O4S. The maximum Gasteiger partial charge on any atom is 0.348 e. The first kappa shape index (κ1) is 20.4. The summed E-state index contributed by atoms with van der Waals surface area (Å²) < 4.78 is 11.6. The van der Waals surface area contributed by atoms with Gasteiger partial charge in [0.15, 0.2) is 0 Å². The molecule has 1 aromatic heterocycles. The first-order chi connectivity index (χ1) is 12.3. The molecule has 0 saturated carbocycles. The molecule has 0 fully saturated rings. The van der Waals surface area contributed by atoms with E-state index in [1.165, 1.54) is 7.11 Å². The van der Waals surface area contributed by atoms with E-state index in [9.17, 15) is 14.9 Å². The second-order valence-electron chi connectivity index (χ2n) is 5.02. The minimum Gasteiger partial charge on any atom is -0.495 e. The van der Waals surface area contributed by atoms with Crippen molar-refractivity contribution in [3.63, 3.8) is 0 Å². The van der Waals surface area contributed by atoms with E-state index in [-0.39, 0.29) is 22.7 Å². The molecule has 0 aliphatic carbocycles. The van der Waals surface area contributed by atoms with Crippen LogP contribution in [-0.2, 0) is 4.74 Å². The standard InChI is InChI=1S/C17H14Br2N2O4S/c1-4-25-17(23)14-8(2)11(7-20)16(26-14)21-15(22)10-5-9(18)6-12(19)13(10)24-3/h5-6H,4H2,1-3H3,(H,21,22). The summed E-state index contributed by atoms with van der Waals surface area (Å²) in [5.74, 6) is -0.616. The molecule has 1 N–H and O–H groups in total. The number of hydrogen-bond donors (Lipinski definition) is 1. The molecule has 0 atom stereocenters. The van der Waals surface area contributed by atoms with Crippen LogP contribution in [0.3, 0.4) is 0 Å². The number of nitrogens with one attached hydrogen (secondary N) is 1. The van der Waals surface area contributed by atoms with Gasteiger partial charge in [-0.3, -0.25) is 4.79 Å². The van der Waals surface area contributed by atoms with Gasteiger partial charge in [0.05, 0.1) is 29.3 Å². The molecule has 0 bridgehead atoms. The van der Waals surface area contributed by atoms with Crippen LogP contribution < -0.4 is 10.1 Å². The molecule has 1 aromatic carbocycles. The van der Waals surface area contributed by atoms with Crippen LogP contribution in [0.4, 0.5) is 5.00 Å². The molecular weight excluding hydrogens is 488 g/mol. The molecule has 0 aliphatic heterocycles. The zero-order valence-electron chi connectivity index (χ0n) is 14.1. The van der Waals surface area contributed by atoms with Crippen molar-refractivity contribution >= 4 is 60.1 Å². The number of ether oxygens (including phenoxy) is 2. The Morgan fingerprint density at radius 2 is 2.04 bits per heavy atom. The molecule has 0 saturated heterocycles. The van der Waals surface area contributed by atoms with Gasteiger partial charge in [0.2, 0.25) is 0 Å². The summed E-state index contributed by atoms with van der Waals surface area (Å²) in [5.41, 5.74) is 0.995. The highest BCUT2D eigenvalue weighted by Crippen LogP contribution is 2.36. The second-order valence-corrected chi connectivity index (χ2v) is 7.81. The lowest BCUT2D eigenvalue weighted by atomic mass is 10.1. The van der Waals surface area contributed by atoms with Crippen molar-refractivity contribution in [2.75, 3.05) is 19.0 Å². The third-order valence-corrected chi connectivity index (χ3v) is 5.64. The third-order valence-electron chi connectivity index (χ3n) is 3.40. The number of amides is 1. The number of hydrogen-bond acceptors (Lipinski definition) is 6. The summed E-state index contributed by atoms with van der Waals surface area (Å²) in [6.45, 7) is 3.57. The second kappa shape index (κ2) is 8.66. The number of benzene rings is 1. The molecule has 0 radical (unpaired) electrons. The highest BCUT2D eigenvalue weighted by Gasteiger charge is 2.24. The van der Waals surface area contributed by atoms with Gasteiger partial charge in [-0.15, -0.1) is 11.3 Å². The number of nitriles is 1. The fourth-order valence-corrected chi connectivity index (χ4v) is 4.67. The summed E-state index contributed by atoms with van der Waals surface area (Å²) >= 11 is 7.69. The maximum absolute atomic E-state index is 12.7. The molecule has 2 rings (SSSR count). The summed E-state index contributed by atoms with van der Waals surface area (Å²) in [6.07, 6.45) is 0. The molecule has 1 amide bonds. The van der Waals surface area contributed by atoms with Gasteiger partial charge in [-0.2, -0.15) is 5.26 Å². The van der Waals surface area contributed by atoms with Crippen LogP contribution in [0.5, 0.6) is 5.75 Å². The molecule has 26 heavy (non-hydrogen) atoms. The number of halogens is 2. The van der Waals surface area contributed by atoms with E-state index < -0.39 is 11.9 Å². The number of carbonyl (C=O) groups is 2. The van der Waals surface area contributed by atoms with Crippen LogP contribution in [0.25, 0.3) is 0 Å². The number of esters is 1. The van der Waals surface area contributed by atoms with Gasteiger partial charge in [0.25, 0.3) is 5.91 Å². The van der Waals surface area contributed by atoms with E-state index in [0.717, 1.165) is 11.3 Å². The Bertz CT molecular complexity index is 918. The van der Waals surface area contributed by atoms with E-state index >= 15 is 0 Å². The summed E-state index contributed by atoms with van der Waals surface area (Å²) in [5, 5.41) is 12.4. The van der Waals surface area contributed by atoms with Gasteiger partial charge in [-0.25, -0.2) is 4.79 Å². The van der Waals surface area contributed by atoms with Crippen LogP contribution in [0.2, 0.25) is 0 Å². The quantitative estimate of drug-likeness (QED) is 0.589. The fourth-order valence-electron chi connectivity index (χ4n) is 2.23. The van der Waals surface area contributed by atoms with Crippen molar-refractivity contribution in [2.45, 2.75) is 13.8 Å². The van der Waals surface area contributed by atoms with Gasteiger partial charge < -0.3 is 14.8 Å². The highest BCUT2D eigenvalue weighted by molar-refractivity contribution is 9.11. The predicted molar refractivity (Wildman–Crippen MR) is 106 cm³/mol. The lowest BCUT2D eigenvalue weighted by molar-refractivity contribution is 0.0531. The van der Waals surface area contributed by atoms with Crippen LogP contribution in [0, 0.1) is 18.3 Å². The fraction of sp³-hybridized carbons (Fsp3) is 0.235. The van der Waals surface area contributed by atoms with Crippen molar-refractivity contribution in [2.24, 2.45) is 0 Å². The van der Waals surface area contributed by atoms with Crippen LogP contribution in [-0.4, -0.2) is 25.6 Å². The van der Waals surface area contributed by atoms with Crippen molar-refractivity contribution in [1.29, 1.82) is 5.26 Å². The average molecular weight is 502 g/mol. The van der Waals surface area contributed by atoms with Crippen LogP contribution in [0.15, 0.2) is 21.1 Å². The van der Waals surface area contributed by atoms with E-state index in [1.807, 2.05) is 6.07 Å². The number of nitrogens with zero attached hydrogens (tertiary/aromatic N) is 1. The molecule has 136 valence electrons. The van der Waals surface area contributed by atoms with Gasteiger partial charge >= 0.3 is 5.97 Å². The monoisotopic (exact) mass is 500 g/mol. The third kappa shape index (κ3) is 4.09. The summed E-state index contributed by atoms with van der Waals surface area (Å²) in [4.78, 5) is 25.0. The molecule has 0 aliphatic rings. The van der Waals surface area contributed by atoms with Crippen molar-refractivity contribution in [3.8, 4) is 11.8 Å². The normalized spacial score (nSPS) is 10.2. The smallest absolute Gasteiger partial charge is 0.348 e. The maximum atomic E-state index is 12.7. The number of thiophene rings is 1. The Hall–Kier alpha value is -1.89. The average Bonchev–Trinajstić information content (AvgIpc) is 2.89. The molecule has 2 aromatic rings. The van der Waals surface area contributed by atoms with Gasteiger partial charge in [-0.1, -0.05) is 15.9 Å². The molecule has 1 heterocycles. The van der Waals surface area contributed by atoms with Crippen molar-refractivity contribution < 1.29 is 19.1 Å². The van der Waals surface area contributed by atoms with Crippen molar-refractivity contribution in [1.82, 2.24) is 0 Å².